The van der Waals surface area contributed by atoms with Crippen LogP contribution >= 0.6 is 0 Å². The van der Waals surface area contributed by atoms with Crippen molar-refractivity contribution in [2.75, 3.05) is 52.9 Å². The molecule has 9 heteroatoms. The van der Waals surface area contributed by atoms with Gasteiger partial charge in [-0.05, 0) is 48.7 Å². The smallest absolute Gasteiger partial charge is 0.257 e. The molecule has 2 amide bonds. The Morgan fingerprint density at radius 1 is 1.17 bits per heavy atom. The summed E-state index contributed by atoms with van der Waals surface area (Å²) in [6.45, 7) is 6.55. The molecule has 1 aliphatic rings. The number of likely N-dealkylation sites (N-methyl/N-ethyl adjacent to an activating group) is 1. The molecule has 0 bridgehead atoms. The first-order valence-electron chi connectivity index (χ1n) is 11.8. The Hall–Kier alpha value is -3.01. The number of nitrogens with zero attached hydrogens (tertiary/aromatic N) is 3. The zero-order valence-electron chi connectivity index (χ0n) is 21.2. The number of hydrogen-bond acceptors (Lipinski definition) is 7. The van der Waals surface area contributed by atoms with Crippen LogP contribution in [0, 0.1) is 5.92 Å². The van der Waals surface area contributed by atoms with E-state index in [1.54, 1.807) is 49.7 Å². The molecule has 9 nitrogen and oxygen atoms in total. The van der Waals surface area contributed by atoms with Crippen LogP contribution in [0.5, 0.6) is 5.75 Å². The molecule has 0 unspecified atom stereocenters. The summed E-state index contributed by atoms with van der Waals surface area (Å²) in [6, 6.07) is 9.21. The Labute approximate surface area is 207 Å². The minimum Gasteiger partial charge on any atom is -0.491 e. The number of carbonyl (C=O) groups is 2. The van der Waals surface area contributed by atoms with Crippen molar-refractivity contribution in [3.63, 3.8) is 0 Å². The van der Waals surface area contributed by atoms with Crippen LogP contribution in [0.15, 0.2) is 42.7 Å². The van der Waals surface area contributed by atoms with Crippen LogP contribution < -0.4 is 10.1 Å². The van der Waals surface area contributed by atoms with Crippen molar-refractivity contribution < 1.29 is 23.8 Å². The van der Waals surface area contributed by atoms with Gasteiger partial charge in [-0.1, -0.05) is 6.92 Å². The highest BCUT2D eigenvalue weighted by Gasteiger charge is 2.28. The summed E-state index contributed by atoms with van der Waals surface area (Å²) in [7, 11) is 4.89. The first kappa shape index (κ1) is 26.6. The number of carbonyl (C=O) groups excluding carboxylic acids is 2. The topological polar surface area (TPSA) is 93.2 Å². The Kier molecular flexibility index (Phi) is 9.59. The summed E-state index contributed by atoms with van der Waals surface area (Å²) in [5.74, 6) is 0.151. The van der Waals surface area contributed by atoms with Gasteiger partial charge in [0.15, 0.2) is 0 Å². The number of hydrogen-bond donors (Lipinski definition) is 1. The summed E-state index contributed by atoms with van der Waals surface area (Å²) in [6.07, 6.45) is 3.45. The van der Waals surface area contributed by atoms with E-state index in [0.717, 1.165) is 13.1 Å². The zero-order valence-corrected chi connectivity index (χ0v) is 21.2. The number of pyridine rings is 1. The van der Waals surface area contributed by atoms with Gasteiger partial charge in [-0.2, -0.15) is 0 Å². The van der Waals surface area contributed by atoms with Crippen molar-refractivity contribution >= 4 is 17.5 Å². The quantitative estimate of drug-likeness (QED) is 0.674. The molecule has 1 aromatic heterocycles. The van der Waals surface area contributed by atoms with Crippen LogP contribution in [0.2, 0.25) is 0 Å². The van der Waals surface area contributed by atoms with Crippen LogP contribution in [0.25, 0.3) is 0 Å². The van der Waals surface area contributed by atoms with Crippen LogP contribution in [-0.2, 0) is 20.8 Å². The number of aromatic nitrogens is 1. The lowest BCUT2D eigenvalue weighted by atomic mass is 10.0. The Balaban J connectivity index is 1.92. The maximum absolute atomic E-state index is 13.4. The molecular formula is C26H36N4O5. The van der Waals surface area contributed by atoms with Gasteiger partial charge in [0, 0.05) is 65.0 Å². The molecule has 3 rings (SSSR count). The van der Waals surface area contributed by atoms with Crippen LogP contribution in [-0.4, -0.2) is 86.3 Å². The Morgan fingerprint density at radius 3 is 2.60 bits per heavy atom. The van der Waals surface area contributed by atoms with Gasteiger partial charge in [-0.25, -0.2) is 0 Å². The van der Waals surface area contributed by atoms with Gasteiger partial charge < -0.3 is 24.4 Å². The van der Waals surface area contributed by atoms with E-state index in [0.29, 0.717) is 30.2 Å². The molecule has 0 fully saturated rings. The number of ether oxygens (including phenoxy) is 3. The number of benzene rings is 1. The number of amides is 2. The predicted octanol–water partition coefficient (Wildman–Crippen LogP) is 2.67. The van der Waals surface area contributed by atoms with E-state index in [2.05, 4.69) is 29.0 Å². The summed E-state index contributed by atoms with van der Waals surface area (Å²) >= 11 is 0. The van der Waals surface area contributed by atoms with E-state index < -0.39 is 0 Å². The highest BCUT2D eigenvalue weighted by atomic mass is 16.5. The molecule has 0 saturated heterocycles. The zero-order chi connectivity index (χ0) is 25.4. The first-order valence-corrected chi connectivity index (χ1v) is 11.8. The summed E-state index contributed by atoms with van der Waals surface area (Å²) in [4.78, 5) is 33.5. The molecule has 0 aliphatic carbocycles. The molecule has 2 heterocycles. The third-order valence-electron chi connectivity index (χ3n) is 6.27. The average Bonchev–Trinajstić information content (AvgIpc) is 2.85. The Morgan fingerprint density at radius 2 is 1.91 bits per heavy atom. The third kappa shape index (κ3) is 7.24. The minimum absolute atomic E-state index is 0.0698. The lowest BCUT2D eigenvalue weighted by Crippen LogP contribution is -2.46. The average molecular weight is 485 g/mol. The SMILES string of the molecule is COCC(=O)Nc1ccc2c(c1)C(=O)N(C)C[C@@H](OC)[C@H](C)CN(Cc1ccncc1)[C@@H](C)CO2. The molecule has 2 aromatic rings. The van der Waals surface area contributed by atoms with Gasteiger partial charge >= 0.3 is 0 Å². The van der Waals surface area contributed by atoms with Crippen molar-refractivity contribution in [3.8, 4) is 5.75 Å². The second-order valence-corrected chi connectivity index (χ2v) is 9.07. The molecule has 0 spiro atoms. The highest BCUT2D eigenvalue weighted by Crippen LogP contribution is 2.26. The monoisotopic (exact) mass is 484 g/mol. The summed E-state index contributed by atoms with van der Waals surface area (Å²) in [5, 5.41) is 2.76. The van der Waals surface area contributed by atoms with E-state index >= 15 is 0 Å². The molecule has 1 aliphatic heterocycles. The van der Waals surface area contributed by atoms with E-state index in [-0.39, 0.29) is 36.5 Å². The fourth-order valence-electron chi connectivity index (χ4n) is 4.20. The van der Waals surface area contributed by atoms with Crippen LogP contribution in [0.1, 0.15) is 29.8 Å². The first-order chi connectivity index (χ1) is 16.8. The van der Waals surface area contributed by atoms with Crippen LogP contribution in [0.4, 0.5) is 5.69 Å². The van der Waals surface area contributed by atoms with Crippen molar-refractivity contribution in [1.82, 2.24) is 14.8 Å². The standard InChI is InChI=1S/C26H36N4O5/c1-18-13-30(14-20-8-10-27-11-9-20)19(2)16-35-23-7-6-21(28-25(31)17-33-4)12-22(23)26(32)29(3)15-24(18)34-5/h6-12,18-19,24H,13-17H2,1-5H3,(H,28,31)/t18-,19+,24-/m1/s1. The molecule has 0 radical (unpaired) electrons. The molecule has 190 valence electrons. The normalized spacial score (nSPS) is 21.9. The van der Waals surface area contributed by atoms with E-state index in [9.17, 15) is 9.59 Å². The van der Waals surface area contributed by atoms with Gasteiger partial charge in [0.1, 0.15) is 19.0 Å². The van der Waals surface area contributed by atoms with Gasteiger partial charge in [-0.3, -0.25) is 19.5 Å². The maximum Gasteiger partial charge on any atom is 0.257 e. The lowest BCUT2D eigenvalue weighted by Gasteiger charge is -2.36. The summed E-state index contributed by atoms with van der Waals surface area (Å²) < 4.78 is 16.9. The second-order valence-electron chi connectivity index (χ2n) is 9.07. The fraction of sp³-hybridized carbons (Fsp3) is 0.500. The minimum atomic E-state index is -0.295. The van der Waals surface area contributed by atoms with E-state index in [4.69, 9.17) is 14.2 Å². The van der Waals surface area contributed by atoms with Crippen molar-refractivity contribution in [1.29, 1.82) is 0 Å². The maximum atomic E-state index is 13.4. The molecule has 1 N–H and O–H groups in total. The predicted molar refractivity (Wildman–Crippen MR) is 133 cm³/mol. The number of anilines is 1. The number of methoxy groups -OCH3 is 2. The number of rotatable bonds is 6. The molecule has 3 atom stereocenters. The fourth-order valence-corrected chi connectivity index (χ4v) is 4.20. The van der Waals surface area contributed by atoms with E-state index in [1.165, 1.54) is 12.7 Å². The summed E-state index contributed by atoms with van der Waals surface area (Å²) in [5.41, 5.74) is 2.06. The highest BCUT2D eigenvalue weighted by molar-refractivity contribution is 5.99. The number of nitrogens with one attached hydrogen (secondary N) is 1. The lowest BCUT2D eigenvalue weighted by molar-refractivity contribution is -0.119. The Bertz CT molecular complexity index is 987. The van der Waals surface area contributed by atoms with Gasteiger partial charge in [0.05, 0.1) is 11.7 Å². The van der Waals surface area contributed by atoms with Crippen LogP contribution in [0.3, 0.4) is 0 Å². The molecule has 35 heavy (non-hydrogen) atoms. The van der Waals surface area contributed by atoms with Gasteiger partial charge in [0.2, 0.25) is 5.91 Å². The van der Waals surface area contributed by atoms with Gasteiger partial charge in [-0.15, -0.1) is 0 Å². The molecule has 1 aromatic carbocycles. The van der Waals surface area contributed by atoms with Crippen molar-refractivity contribution in [3.05, 3.63) is 53.9 Å². The van der Waals surface area contributed by atoms with Gasteiger partial charge in [0.25, 0.3) is 5.91 Å². The van der Waals surface area contributed by atoms with Crippen molar-refractivity contribution in [2.45, 2.75) is 32.5 Å². The third-order valence-corrected chi connectivity index (χ3v) is 6.27. The molecule has 0 saturated carbocycles. The second kappa shape index (κ2) is 12.6. The largest absolute Gasteiger partial charge is 0.491 e. The number of fused-ring (bicyclic) bond motifs is 1. The van der Waals surface area contributed by atoms with E-state index in [1.807, 2.05) is 12.1 Å². The van der Waals surface area contributed by atoms with Crippen molar-refractivity contribution in [2.24, 2.45) is 5.92 Å². The molecular weight excluding hydrogens is 448 g/mol.